The third-order valence-electron chi connectivity index (χ3n) is 5.07. The highest BCUT2D eigenvalue weighted by Crippen LogP contribution is 2.29. The van der Waals surface area contributed by atoms with Gasteiger partial charge in [-0.15, -0.1) is 0 Å². The highest BCUT2D eigenvalue weighted by atomic mass is 35.5. The van der Waals surface area contributed by atoms with Gasteiger partial charge < -0.3 is 19.3 Å². The van der Waals surface area contributed by atoms with Crippen LogP contribution < -0.4 is 14.4 Å². The molecule has 1 aliphatic rings. The molecule has 2 aromatic rings. The minimum absolute atomic E-state index is 0.424. The van der Waals surface area contributed by atoms with E-state index < -0.39 is 6.09 Å². The summed E-state index contributed by atoms with van der Waals surface area (Å²) in [6.45, 7) is 4.90. The van der Waals surface area contributed by atoms with Crippen LogP contribution in [0.5, 0.6) is 11.5 Å². The number of piperazine rings is 1. The maximum atomic E-state index is 11.8. The largest absolute Gasteiger partial charge is 0.493 e. The molecule has 1 fully saturated rings. The Labute approximate surface area is 177 Å². The van der Waals surface area contributed by atoms with Crippen LogP contribution in [0.4, 0.5) is 10.5 Å². The van der Waals surface area contributed by atoms with Gasteiger partial charge >= 0.3 is 6.09 Å². The molecule has 0 atom stereocenters. The minimum Gasteiger partial charge on any atom is -0.493 e. The van der Waals surface area contributed by atoms with Crippen LogP contribution in [0.3, 0.4) is 0 Å². The lowest BCUT2D eigenvalue weighted by molar-refractivity contribution is 0.170. The Hall–Kier alpha value is -2.44. The van der Waals surface area contributed by atoms with Crippen molar-refractivity contribution >= 4 is 23.4 Å². The highest BCUT2D eigenvalue weighted by Gasteiger charge is 2.19. The first kappa shape index (κ1) is 21.3. The molecule has 7 heteroatoms. The smallest absolute Gasteiger partial charge is 0.414 e. The van der Waals surface area contributed by atoms with Gasteiger partial charge in [-0.2, -0.15) is 0 Å². The number of hydrogen-bond donors (Lipinski definition) is 0. The molecule has 3 rings (SSSR count). The van der Waals surface area contributed by atoms with E-state index in [2.05, 4.69) is 15.9 Å². The minimum atomic E-state index is -0.424. The van der Waals surface area contributed by atoms with E-state index in [0.717, 1.165) is 55.4 Å². The van der Waals surface area contributed by atoms with Gasteiger partial charge in [-0.25, -0.2) is 4.79 Å². The summed E-state index contributed by atoms with van der Waals surface area (Å²) in [5.41, 5.74) is 2.27. The van der Waals surface area contributed by atoms with Crippen molar-refractivity contribution in [3.63, 3.8) is 0 Å². The number of carbonyl (C=O) groups is 1. The number of rotatable bonds is 6. The number of nitrogens with zero attached hydrogens (tertiary/aromatic N) is 3. The number of para-hydroxylation sites is 1. The highest BCUT2D eigenvalue weighted by molar-refractivity contribution is 6.33. The number of ether oxygens (including phenoxy) is 2. The van der Waals surface area contributed by atoms with Crippen molar-refractivity contribution in [3.05, 3.63) is 53.1 Å². The van der Waals surface area contributed by atoms with Crippen LogP contribution in [0.1, 0.15) is 5.56 Å². The Morgan fingerprint density at radius 3 is 2.45 bits per heavy atom. The Kier molecular flexibility index (Phi) is 7.23. The first-order valence-electron chi connectivity index (χ1n) is 9.76. The summed E-state index contributed by atoms with van der Waals surface area (Å²) in [6, 6.07) is 13.7. The van der Waals surface area contributed by atoms with Gasteiger partial charge in [-0.1, -0.05) is 29.8 Å². The molecule has 0 spiro atoms. The molecule has 2 aromatic carbocycles. The Morgan fingerprint density at radius 1 is 1.07 bits per heavy atom. The summed E-state index contributed by atoms with van der Waals surface area (Å²) in [5, 5.41) is 0.808. The maximum absolute atomic E-state index is 11.8. The van der Waals surface area contributed by atoms with Crippen LogP contribution in [-0.4, -0.2) is 69.8 Å². The molecule has 0 unspecified atom stereocenters. The summed E-state index contributed by atoms with van der Waals surface area (Å²) in [5.74, 6) is 1.00. The van der Waals surface area contributed by atoms with Gasteiger partial charge in [-0.3, -0.25) is 4.90 Å². The van der Waals surface area contributed by atoms with Crippen LogP contribution in [0.2, 0.25) is 5.02 Å². The number of amides is 1. The van der Waals surface area contributed by atoms with Gasteiger partial charge in [0.2, 0.25) is 0 Å². The van der Waals surface area contributed by atoms with Crippen LogP contribution in [0.15, 0.2) is 42.5 Å². The predicted octanol–water partition coefficient (Wildman–Crippen LogP) is 3.77. The zero-order valence-corrected chi connectivity index (χ0v) is 18.0. The summed E-state index contributed by atoms with van der Waals surface area (Å²) in [4.78, 5) is 18.0. The number of hydrogen-bond acceptors (Lipinski definition) is 5. The fourth-order valence-corrected chi connectivity index (χ4v) is 3.60. The lowest BCUT2D eigenvalue weighted by Crippen LogP contribution is -2.47. The second-order valence-electron chi connectivity index (χ2n) is 7.28. The molecule has 0 radical (unpaired) electrons. The molecule has 6 nitrogen and oxygen atoms in total. The first-order chi connectivity index (χ1) is 14.0. The lowest BCUT2D eigenvalue weighted by atomic mass is 10.1. The molecule has 1 saturated heterocycles. The molecular formula is C22H28ClN3O3. The molecule has 1 amide bonds. The fourth-order valence-electron chi connectivity index (χ4n) is 3.34. The number of anilines is 1. The van der Waals surface area contributed by atoms with E-state index in [1.54, 1.807) is 27.3 Å². The molecule has 0 N–H and O–H groups in total. The third kappa shape index (κ3) is 5.55. The van der Waals surface area contributed by atoms with Crippen molar-refractivity contribution < 1.29 is 14.3 Å². The standard InChI is InChI=1S/C22H28ClN3O3/c1-24(2)22(27)29-20-9-8-17(16-21(20)28-3)10-11-25-12-14-26(15-13-25)19-7-5-4-6-18(19)23/h4-9,16H,10-15H2,1-3H3. The number of methoxy groups -OCH3 is 1. The van der Waals surface area contributed by atoms with Crippen molar-refractivity contribution in [1.29, 1.82) is 0 Å². The van der Waals surface area contributed by atoms with E-state index >= 15 is 0 Å². The number of carbonyl (C=O) groups excluding carboxylic acids is 1. The van der Waals surface area contributed by atoms with E-state index in [1.165, 1.54) is 4.90 Å². The van der Waals surface area contributed by atoms with Crippen molar-refractivity contribution in [2.75, 3.05) is 58.8 Å². The Bertz CT molecular complexity index is 836. The van der Waals surface area contributed by atoms with Crippen molar-refractivity contribution in [2.24, 2.45) is 0 Å². The summed E-state index contributed by atoms with van der Waals surface area (Å²) >= 11 is 6.32. The monoisotopic (exact) mass is 417 g/mol. The quantitative estimate of drug-likeness (QED) is 0.715. The third-order valence-corrected chi connectivity index (χ3v) is 5.39. The van der Waals surface area contributed by atoms with Crippen LogP contribution in [0, 0.1) is 0 Å². The van der Waals surface area contributed by atoms with Gasteiger partial charge in [0.05, 0.1) is 17.8 Å². The molecule has 0 saturated carbocycles. The molecule has 0 aliphatic carbocycles. The van der Waals surface area contributed by atoms with E-state index in [-0.39, 0.29) is 0 Å². The second-order valence-corrected chi connectivity index (χ2v) is 7.68. The normalized spacial score (nSPS) is 14.6. The molecule has 29 heavy (non-hydrogen) atoms. The van der Waals surface area contributed by atoms with E-state index in [1.807, 2.05) is 30.3 Å². The van der Waals surface area contributed by atoms with Gasteiger partial charge in [0.1, 0.15) is 0 Å². The van der Waals surface area contributed by atoms with E-state index in [0.29, 0.717) is 11.5 Å². The average Bonchev–Trinajstić information content (AvgIpc) is 2.73. The topological polar surface area (TPSA) is 45.3 Å². The van der Waals surface area contributed by atoms with Gasteiger partial charge in [0.15, 0.2) is 11.5 Å². The van der Waals surface area contributed by atoms with Crippen LogP contribution >= 0.6 is 11.6 Å². The summed E-state index contributed by atoms with van der Waals surface area (Å²) < 4.78 is 10.8. The van der Waals surface area contributed by atoms with Gasteiger partial charge in [0, 0.05) is 46.8 Å². The van der Waals surface area contributed by atoms with E-state index in [9.17, 15) is 4.79 Å². The molecule has 0 aromatic heterocycles. The van der Waals surface area contributed by atoms with Gasteiger partial charge in [-0.05, 0) is 36.2 Å². The van der Waals surface area contributed by atoms with Crippen molar-refractivity contribution in [3.8, 4) is 11.5 Å². The molecule has 1 heterocycles. The van der Waals surface area contributed by atoms with Crippen LogP contribution in [0.25, 0.3) is 0 Å². The molecule has 156 valence electrons. The van der Waals surface area contributed by atoms with E-state index in [4.69, 9.17) is 21.1 Å². The van der Waals surface area contributed by atoms with Crippen LogP contribution in [-0.2, 0) is 6.42 Å². The Balaban J connectivity index is 1.53. The molecule has 0 bridgehead atoms. The SMILES string of the molecule is COc1cc(CCN2CCN(c3ccccc3Cl)CC2)ccc1OC(=O)N(C)C. The second kappa shape index (κ2) is 9.85. The zero-order chi connectivity index (χ0) is 20.8. The maximum Gasteiger partial charge on any atom is 0.414 e. The zero-order valence-electron chi connectivity index (χ0n) is 17.2. The molecule has 1 aliphatic heterocycles. The molecular weight excluding hydrogens is 390 g/mol. The average molecular weight is 418 g/mol. The summed E-state index contributed by atoms with van der Waals surface area (Å²) in [6.07, 6.45) is 0.483. The summed E-state index contributed by atoms with van der Waals surface area (Å²) in [7, 11) is 4.88. The Morgan fingerprint density at radius 2 is 1.79 bits per heavy atom. The predicted molar refractivity (Wildman–Crippen MR) is 117 cm³/mol. The lowest BCUT2D eigenvalue weighted by Gasteiger charge is -2.36. The first-order valence-corrected chi connectivity index (χ1v) is 10.1. The fraction of sp³-hybridized carbons (Fsp3) is 0.409. The van der Waals surface area contributed by atoms with Crippen molar-refractivity contribution in [2.45, 2.75) is 6.42 Å². The van der Waals surface area contributed by atoms with Gasteiger partial charge in [0.25, 0.3) is 0 Å². The number of benzene rings is 2. The number of halogens is 1. The van der Waals surface area contributed by atoms with Crippen molar-refractivity contribution in [1.82, 2.24) is 9.80 Å².